The van der Waals surface area contributed by atoms with Crippen LogP contribution in [0.25, 0.3) is 5.69 Å². The van der Waals surface area contributed by atoms with E-state index in [4.69, 9.17) is 11.6 Å². The summed E-state index contributed by atoms with van der Waals surface area (Å²) in [6, 6.07) is 9.91. The largest absolute Gasteiger partial charge is 0.277 e. The first-order chi connectivity index (χ1) is 10.2. The second-order valence-corrected chi connectivity index (χ2v) is 5.92. The molecule has 4 nitrogen and oxygen atoms in total. The molecule has 2 aromatic heterocycles. The summed E-state index contributed by atoms with van der Waals surface area (Å²) in [6.07, 6.45) is 5.33. The number of halogens is 1. The fourth-order valence-corrected chi connectivity index (χ4v) is 2.90. The zero-order chi connectivity index (χ0) is 14.7. The number of aromatic nitrogens is 4. The van der Waals surface area contributed by atoms with Crippen molar-refractivity contribution in [3.8, 4) is 5.69 Å². The molecule has 0 unspecified atom stereocenters. The normalized spacial score (nSPS) is 10.8. The molecule has 106 valence electrons. The smallest absolute Gasteiger partial charge is 0.195 e. The SMILES string of the molecule is Cc1ccc(-n2cnnc2SCc2cccnc2)cc1Cl. The van der Waals surface area contributed by atoms with Crippen molar-refractivity contribution < 1.29 is 0 Å². The Bertz CT molecular complexity index is 742. The molecular formula is C15H13ClN4S. The summed E-state index contributed by atoms with van der Waals surface area (Å²) in [6.45, 7) is 1.98. The van der Waals surface area contributed by atoms with Gasteiger partial charge in [0.05, 0.1) is 5.69 Å². The number of hydrogen-bond donors (Lipinski definition) is 0. The first kappa shape index (κ1) is 14.1. The zero-order valence-corrected chi connectivity index (χ0v) is 13.0. The molecule has 21 heavy (non-hydrogen) atoms. The Hall–Kier alpha value is -1.85. The lowest BCUT2D eigenvalue weighted by Gasteiger charge is -2.07. The minimum atomic E-state index is 0.740. The molecule has 0 spiro atoms. The molecule has 0 bridgehead atoms. The number of nitrogens with zero attached hydrogens (tertiary/aromatic N) is 4. The van der Waals surface area contributed by atoms with Gasteiger partial charge in [0.15, 0.2) is 5.16 Å². The van der Waals surface area contributed by atoms with Crippen LogP contribution in [0.5, 0.6) is 0 Å². The van der Waals surface area contributed by atoms with Gasteiger partial charge < -0.3 is 0 Å². The highest BCUT2D eigenvalue weighted by Crippen LogP contribution is 2.25. The highest BCUT2D eigenvalue weighted by Gasteiger charge is 2.08. The van der Waals surface area contributed by atoms with Crippen molar-refractivity contribution in [2.75, 3.05) is 0 Å². The Morgan fingerprint density at radius 2 is 2.19 bits per heavy atom. The average Bonchev–Trinajstić information content (AvgIpc) is 2.97. The second kappa shape index (κ2) is 6.28. The third kappa shape index (κ3) is 3.25. The minimum absolute atomic E-state index is 0.740. The van der Waals surface area contributed by atoms with Crippen molar-refractivity contribution in [1.82, 2.24) is 19.7 Å². The number of pyridine rings is 1. The lowest BCUT2D eigenvalue weighted by Crippen LogP contribution is -1.96. The fourth-order valence-electron chi connectivity index (χ4n) is 1.86. The molecule has 0 saturated heterocycles. The summed E-state index contributed by atoms with van der Waals surface area (Å²) in [5, 5.41) is 9.74. The second-order valence-electron chi connectivity index (χ2n) is 4.57. The summed E-state index contributed by atoms with van der Waals surface area (Å²) < 4.78 is 1.94. The van der Waals surface area contributed by atoms with Crippen LogP contribution in [0, 0.1) is 6.92 Å². The van der Waals surface area contributed by atoms with Crippen LogP contribution in [0.3, 0.4) is 0 Å². The number of hydrogen-bond acceptors (Lipinski definition) is 4. The quantitative estimate of drug-likeness (QED) is 0.684. The van der Waals surface area contributed by atoms with Crippen molar-refractivity contribution in [2.24, 2.45) is 0 Å². The highest BCUT2D eigenvalue weighted by atomic mass is 35.5. The molecule has 6 heteroatoms. The van der Waals surface area contributed by atoms with Gasteiger partial charge in [-0.05, 0) is 36.2 Å². The molecule has 0 aliphatic rings. The van der Waals surface area contributed by atoms with E-state index in [0.29, 0.717) is 0 Å². The maximum Gasteiger partial charge on any atom is 0.195 e. The van der Waals surface area contributed by atoms with Gasteiger partial charge in [-0.15, -0.1) is 10.2 Å². The molecule has 3 aromatic rings. The zero-order valence-electron chi connectivity index (χ0n) is 11.4. The fraction of sp³-hybridized carbons (Fsp3) is 0.133. The van der Waals surface area contributed by atoms with E-state index in [1.807, 2.05) is 48.0 Å². The van der Waals surface area contributed by atoms with E-state index in [2.05, 4.69) is 15.2 Å². The summed E-state index contributed by atoms with van der Waals surface area (Å²) in [5.41, 5.74) is 3.17. The van der Waals surface area contributed by atoms with Crippen LogP contribution in [-0.2, 0) is 5.75 Å². The maximum atomic E-state index is 6.19. The predicted octanol–water partition coefficient (Wildman–Crippen LogP) is 3.92. The van der Waals surface area contributed by atoms with Crippen LogP contribution in [0.4, 0.5) is 0 Å². The van der Waals surface area contributed by atoms with E-state index in [-0.39, 0.29) is 0 Å². The van der Waals surface area contributed by atoms with Crippen molar-refractivity contribution in [2.45, 2.75) is 17.8 Å². The average molecular weight is 317 g/mol. The molecule has 2 heterocycles. The lowest BCUT2D eigenvalue weighted by atomic mass is 10.2. The van der Waals surface area contributed by atoms with Crippen molar-refractivity contribution in [3.05, 3.63) is 65.2 Å². The van der Waals surface area contributed by atoms with Crippen LogP contribution < -0.4 is 0 Å². The van der Waals surface area contributed by atoms with Crippen molar-refractivity contribution >= 4 is 23.4 Å². The molecule has 0 aliphatic heterocycles. The van der Waals surface area contributed by atoms with E-state index in [0.717, 1.165) is 32.7 Å². The number of rotatable bonds is 4. The standard InChI is InChI=1S/C15H13ClN4S/c1-11-4-5-13(7-14(11)16)20-10-18-19-15(20)21-9-12-3-2-6-17-8-12/h2-8,10H,9H2,1H3. The summed E-state index contributed by atoms with van der Waals surface area (Å²) in [5.74, 6) is 0.798. The molecular weight excluding hydrogens is 304 g/mol. The third-order valence-electron chi connectivity index (χ3n) is 3.04. The first-order valence-electron chi connectivity index (χ1n) is 6.42. The Morgan fingerprint density at radius 1 is 1.29 bits per heavy atom. The topological polar surface area (TPSA) is 43.6 Å². The first-order valence-corrected chi connectivity index (χ1v) is 7.78. The van der Waals surface area contributed by atoms with Gasteiger partial charge in [-0.25, -0.2) is 0 Å². The number of thioether (sulfide) groups is 1. The third-order valence-corrected chi connectivity index (χ3v) is 4.46. The maximum absolute atomic E-state index is 6.19. The lowest BCUT2D eigenvalue weighted by molar-refractivity contribution is 0.883. The number of benzene rings is 1. The Kier molecular flexibility index (Phi) is 4.22. The molecule has 3 rings (SSSR count). The van der Waals surface area contributed by atoms with E-state index in [9.17, 15) is 0 Å². The van der Waals surface area contributed by atoms with Crippen LogP contribution in [0.1, 0.15) is 11.1 Å². The van der Waals surface area contributed by atoms with Crippen LogP contribution in [-0.4, -0.2) is 19.7 Å². The summed E-state index contributed by atoms with van der Waals surface area (Å²) in [4.78, 5) is 4.11. The molecule has 0 atom stereocenters. The van der Waals surface area contributed by atoms with Gasteiger partial charge in [-0.2, -0.15) is 0 Å². The molecule has 0 N–H and O–H groups in total. The molecule has 1 aromatic carbocycles. The number of aryl methyl sites for hydroxylation is 1. The van der Waals surface area contributed by atoms with Crippen LogP contribution in [0.2, 0.25) is 5.02 Å². The van der Waals surface area contributed by atoms with Crippen molar-refractivity contribution in [1.29, 1.82) is 0 Å². The molecule has 0 radical (unpaired) electrons. The van der Waals surface area contributed by atoms with Crippen LogP contribution in [0.15, 0.2) is 54.2 Å². The Balaban J connectivity index is 1.82. The van der Waals surface area contributed by atoms with E-state index < -0.39 is 0 Å². The molecule has 0 aliphatic carbocycles. The highest BCUT2D eigenvalue weighted by molar-refractivity contribution is 7.98. The van der Waals surface area contributed by atoms with Gasteiger partial charge in [-0.1, -0.05) is 35.5 Å². The van der Waals surface area contributed by atoms with Gasteiger partial charge in [0, 0.05) is 23.2 Å². The van der Waals surface area contributed by atoms with Gasteiger partial charge >= 0.3 is 0 Å². The molecule has 0 amide bonds. The van der Waals surface area contributed by atoms with Gasteiger partial charge in [0.2, 0.25) is 0 Å². The minimum Gasteiger partial charge on any atom is -0.277 e. The van der Waals surface area contributed by atoms with Gasteiger partial charge in [-0.3, -0.25) is 9.55 Å². The van der Waals surface area contributed by atoms with E-state index >= 15 is 0 Å². The monoisotopic (exact) mass is 316 g/mol. The molecule has 0 fully saturated rings. The Labute approximate surface area is 132 Å². The van der Waals surface area contributed by atoms with Crippen LogP contribution >= 0.6 is 23.4 Å². The molecule has 0 saturated carbocycles. The summed E-state index contributed by atoms with van der Waals surface area (Å²) in [7, 11) is 0. The van der Waals surface area contributed by atoms with Gasteiger partial charge in [0.1, 0.15) is 6.33 Å². The van der Waals surface area contributed by atoms with E-state index in [1.165, 1.54) is 0 Å². The Morgan fingerprint density at radius 3 is 2.95 bits per heavy atom. The van der Waals surface area contributed by atoms with Crippen molar-refractivity contribution in [3.63, 3.8) is 0 Å². The van der Waals surface area contributed by atoms with Gasteiger partial charge in [0.25, 0.3) is 0 Å². The van der Waals surface area contributed by atoms with E-state index in [1.54, 1.807) is 24.3 Å². The predicted molar refractivity (Wildman–Crippen MR) is 84.9 cm³/mol. The summed E-state index contributed by atoms with van der Waals surface area (Å²) >= 11 is 7.80.